The Morgan fingerprint density at radius 1 is 0.438 bits per heavy atom. The van der Waals surface area contributed by atoms with E-state index in [4.69, 9.17) is 9.97 Å². The van der Waals surface area contributed by atoms with Crippen molar-refractivity contribution < 1.29 is 0 Å². The second-order valence-electron chi connectivity index (χ2n) is 12.2. The SMILES string of the molecule is c1ccc(-c2cc(-n3c4ccc5ccccc5c4c4c5c(ccn5-c5ccccc5)c5ccccc5c43)nc(-c3ccccc3)n2)cc1. The molecule has 0 N–H and O–H groups in total. The van der Waals surface area contributed by atoms with E-state index < -0.39 is 0 Å². The van der Waals surface area contributed by atoms with Gasteiger partial charge >= 0.3 is 0 Å². The van der Waals surface area contributed by atoms with E-state index in [1.165, 1.54) is 43.2 Å². The molecule has 7 aromatic carbocycles. The van der Waals surface area contributed by atoms with Crippen LogP contribution in [0.15, 0.2) is 170 Å². The topological polar surface area (TPSA) is 35.6 Å². The lowest BCUT2D eigenvalue weighted by Crippen LogP contribution is -2.03. The maximum absolute atomic E-state index is 5.35. The van der Waals surface area contributed by atoms with Crippen LogP contribution in [0.5, 0.6) is 0 Å². The second-order valence-corrected chi connectivity index (χ2v) is 12.2. The summed E-state index contributed by atoms with van der Waals surface area (Å²) in [6, 6.07) is 57.8. The minimum absolute atomic E-state index is 0.695. The molecule has 0 aliphatic carbocycles. The molecule has 0 amide bonds. The summed E-state index contributed by atoms with van der Waals surface area (Å²) >= 11 is 0. The molecule has 0 radical (unpaired) electrons. The molecule has 48 heavy (non-hydrogen) atoms. The van der Waals surface area contributed by atoms with Crippen molar-refractivity contribution in [1.29, 1.82) is 0 Å². The van der Waals surface area contributed by atoms with Crippen LogP contribution in [0.2, 0.25) is 0 Å². The molecule has 0 unspecified atom stereocenters. The summed E-state index contributed by atoms with van der Waals surface area (Å²) in [6.45, 7) is 0. The van der Waals surface area contributed by atoms with Gasteiger partial charge in [0.2, 0.25) is 0 Å². The third-order valence-corrected chi connectivity index (χ3v) is 9.53. The van der Waals surface area contributed by atoms with Crippen LogP contribution in [0.1, 0.15) is 0 Å². The lowest BCUT2D eigenvalue weighted by molar-refractivity contribution is 1.05. The van der Waals surface area contributed by atoms with Gasteiger partial charge in [0.15, 0.2) is 5.82 Å². The normalized spacial score (nSPS) is 11.8. The maximum atomic E-state index is 5.35. The number of para-hydroxylation sites is 1. The molecule has 0 aliphatic rings. The molecule has 0 fully saturated rings. The zero-order valence-corrected chi connectivity index (χ0v) is 26.0. The summed E-state index contributed by atoms with van der Waals surface area (Å²) in [4.78, 5) is 10.5. The summed E-state index contributed by atoms with van der Waals surface area (Å²) in [5.74, 6) is 1.53. The summed E-state index contributed by atoms with van der Waals surface area (Å²) in [6.07, 6.45) is 2.21. The standard InChI is InChI=1S/C44H28N4/c1-4-15-30(16-5-1)37-28-39(46-44(45-37)31-17-6-2-7-18-31)48-38-25-24-29-14-10-11-21-33(29)40(38)41-42-36(34-22-12-13-23-35(34)43(41)48)26-27-47(42)32-19-8-3-9-20-32/h1-28H. The minimum atomic E-state index is 0.695. The van der Waals surface area contributed by atoms with Crippen LogP contribution in [0.25, 0.3) is 88.4 Å². The lowest BCUT2D eigenvalue weighted by atomic mass is 9.98. The summed E-state index contributed by atoms with van der Waals surface area (Å²) in [5, 5.41) is 8.49. The Morgan fingerprint density at radius 2 is 1.06 bits per heavy atom. The van der Waals surface area contributed by atoms with Crippen LogP contribution < -0.4 is 0 Å². The fourth-order valence-electron chi connectivity index (χ4n) is 7.44. The average molecular weight is 613 g/mol. The largest absolute Gasteiger partial charge is 0.316 e. The van der Waals surface area contributed by atoms with Crippen LogP contribution in [0.3, 0.4) is 0 Å². The van der Waals surface area contributed by atoms with Gasteiger partial charge in [0.25, 0.3) is 0 Å². The number of fused-ring (bicyclic) bond motifs is 10. The molecule has 0 atom stereocenters. The smallest absolute Gasteiger partial charge is 0.162 e. The molecular weight excluding hydrogens is 585 g/mol. The Kier molecular flexibility index (Phi) is 5.84. The molecule has 0 saturated carbocycles. The van der Waals surface area contributed by atoms with Crippen molar-refractivity contribution in [3.63, 3.8) is 0 Å². The first-order valence-electron chi connectivity index (χ1n) is 16.3. The molecule has 3 aromatic heterocycles. The Bertz CT molecular complexity index is 2760. The van der Waals surface area contributed by atoms with Gasteiger partial charge in [-0.25, -0.2) is 9.97 Å². The molecule has 4 nitrogen and oxygen atoms in total. The highest BCUT2D eigenvalue weighted by Gasteiger charge is 2.24. The van der Waals surface area contributed by atoms with Crippen molar-refractivity contribution in [3.05, 3.63) is 170 Å². The van der Waals surface area contributed by atoms with Crippen LogP contribution >= 0.6 is 0 Å². The van der Waals surface area contributed by atoms with E-state index in [1.54, 1.807) is 0 Å². The highest BCUT2D eigenvalue weighted by atomic mass is 15.1. The number of hydrogen-bond acceptors (Lipinski definition) is 2. The first-order valence-corrected chi connectivity index (χ1v) is 16.3. The van der Waals surface area contributed by atoms with Gasteiger partial charge in [-0.3, -0.25) is 4.57 Å². The van der Waals surface area contributed by atoms with E-state index in [-0.39, 0.29) is 0 Å². The summed E-state index contributed by atoms with van der Waals surface area (Å²) in [5.41, 5.74) is 7.48. The Balaban J connectivity index is 1.45. The van der Waals surface area contributed by atoms with Gasteiger partial charge in [0.05, 0.1) is 22.2 Å². The molecule has 0 aliphatic heterocycles. The van der Waals surface area contributed by atoms with E-state index in [1.807, 2.05) is 24.3 Å². The average Bonchev–Trinajstić information content (AvgIpc) is 3.76. The molecular formula is C44H28N4. The molecule has 0 spiro atoms. The molecule has 4 heteroatoms. The number of nitrogens with zero attached hydrogens (tertiary/aromatic N) is 4. The van der Waals surface area contributed by atoms with Gasteiger partial charge in [-0.1, -0.05) is 133 Å². The van der Waals surface area contributed by atoms with Gasteiger partial charge in [-0.2, -0.15) is 0 Å². The van der Waals surface area contributed by atoms with E-state index in [2.05, 4.69) is 155 Å². The fraction of sp³-hybridized carbons (Fsp3) is 0. The third-order valence-electron chi connectivity index (χ3n) is 9.53. The van der Waals surface area contributed by atoms with Crippen LogP contribution in [0, 0.1) is 0 Å². The number of rotatable bonds is 4. The quantitative estimate of drug-likeness (QED) is 0.198. The number of benzene rings is 7. The lowest BCUT2D eigenvalue weighted by Gasteiger charge is -2.14. The molecule has 10 rings (SSSR count). The molecule has 0 saturated heterocycles. The van der Waals surface area contributed by atoms with Crippen molar-refractivity contribution in [1.82, 2.24) is 19.1 Å². The number of hydrogen-bond donors (Lipinski definition) is 0. The predicted octanol–water partition coefficient (Wildman–Crippen LogP) is 11.2. The van der Waals surface area contributed by atoms with Gasteiger partial charge in [0.1, 0.15) is 5.82 Å². The van der Waals surface area contributed by atoms with E-state index in [0.29, 0.717) is 5.82 Å². The molecule has 10 aromatic rings. The van der Waals surface area contributed by atoms with Crippen LogP contribution in [-0.2, 0) is 0 Å². The zero-order valence-electron chi connectivity index (χ0n) is 26.0. The monoisotopic (exact) mass is 612 g/mol. The third kappa shape index (κ3) is 3.96. The van der Waals surface area contributed by atoms with Crippen molar-refractivity contribution in [2.24, 2.45) is 0 Å². The zero-order chi connectivity index (χ0) is 31.6. The molecule has 3 heterocycles. The van der Waals surface area contributed by atoms with Crippen molar-refractivity contribution in [2.75, 3.05) is 0 Å². The van der Waals surface area contributed by atoms with Crippen LogP contribution in [-0.4, -0.2) is 19.1 Å². The maximum Gasteiger partial charge on any atom is 0.162 e. The van der Waals surface area contributed by atoms with Crippen molar-refractivity contribution >= 4 is 54.3 Å². The Labute approximate surface area is 276 Å². The minimum Gasteiger partial charge on any atom is -0.316 e. The Morgan fingerprint density at radius 3 is 1.83 bits per heavy atom. The highest BCUT2D eigenvalue weighted by Crippen LogP contribution is 2.45. The molecule has 0 bridgehead atoms. The van der Waals surface area contributed by atoms with E-state index in [9.17, 15) is 0 Å². The van der Waals surface area contributed by atoms with Gasteiger partial charge in [0, 0.05) is 50.6 Å². The first-order chi connectivity index (χ1) is 23.8. The first kappa shape index (κ1) is 26.7. The summed E-state index contributed by atoms with van der Waals surface area (Å²) in [7, 11) is 0. The van der Waals surface area contributed by atoms with Gasteiger partial charge in [-0.15, -0.1) is 0 Å². The van der Waals surface area contributed by atoms with E-state index >= 15 is 0 Å². The van der Waals surface area contributed by atoms with Crippen molar-refractivity contribution in [3.8, 4) is 34.2 Å². The Hall–Kier alpha value is -6.52. The fourth-order valence-corrected chi connectivity index (χ4v) is 7.44. The van der Waals surface area contributed by atoms with Gasteiger partial charge in [-0.05, 0) is 40.4 Å². The van der Waals surface area contributed by atoms with E-state index in [0.717, 1.165) is 39.4 Å². The summed E-state index contributed by atoms with van der Waals surface area (Å²) < 4.78 is 4.72. The molecule has 224 valence electrons. The second kappa shape index (κ2) is 10.5. The predicted molar refractivity (Wildman–Crippen MR) is 199 cm³/mol. The van der Waals surface area contributed by atoms with Gasteiger partial charge < -0.3 is 4.57 Å². The number of aromatic nitrogens is 4. The van der Waals surface area contributed by atoms with Crippen molar-refractivity contribution in [2.45, 2.75) is 0 Å². The highest BCUT2D eigenvalue weighted by molar-refractivity contribution is 6.35. The van der Waals surface area contributed by atoms with Crippen LogP contribution in [0.4, 0.5) is 0 Å².